The fourth-order valence-corrected chi connectivity index (χ4v) is 2.59. The van der Waals surface area contributed by atoms with Crippen LogP contribution in [0.5, 0.6) is 11.5 Å². The first-order valence-electron chi connectivity index (χ1n) is 7.06. The summed E-state index contributed by atoms with van der Waals surface area (Å²) < 4.78 is 10.5. The second-order valence-corrected chi connectivity index (χ2v) is 5.19. The third-order valence-electron chi connectivity index (χ3n) is 3.74. The topological polar surface area (TPSA) is 59.9 Å². The van der Waals surface area contributed by atoms with Crippen molar-refractivity contribution in [1.82, 2.24) is 5.43 Å². The van der Waals surface area contributed by atoms with E-state index in [0.29, 0.717) is 23.0 Å². The van der Waals surface area contributed by atoms with Crippen LogP contribution in [0, 0.1) is 5.92 Å². The molecular weight excluding hydrogens is 256 g/mol. The van der Waals surface area contributed by atoms with E-state index >= 15 is 0 Å². The number of hydrogen-bond acceptors (Lipinski definition) is 4. The van der Waals surface area contributed by atoms with Crippen LogP contribution in [0.15, 0.2) is 23.3 Å². The third kappa shape index (κ3) is 2.92. The molecule has 0 atom stereocenters. The average molecular weight is 274 g/mol. The number of benzene rings is 1. The summed E-state index contributed by atoms with van der Waals surface area (Å²) in [5, 5.41) is 4.07. The van der Waals surface area contributed by atoms with E-state index < -0.39 is 0 Å². The van der Waals surface area contributed by atoms with Crippen molar-refractivity contribution in [3.8, 4) is 11.5 Å². The largest absolute Gasteiger partial charge is 0.454 e. The van der Waals surface area contributed by atoms with Crippen molar-refractivity contribution >= 4 is 12.1 Å². The van der Waals surface area contributed by atoms with Gasteiger partial charge in [-0.25, -0.2) is 5.43 Å². The number of hydrazone groups is 1. The molecular formula is C15H18N2O3. The molecule has 0 unspecified atom stereocenters. The van der Waals surface area contributed by atoms with Crippen molar-refractivity contribution in [2.45, 2.75) is 32.1 Å². The second-order valence-electron chi connectivity index (χ2n) is 5.19. The van der Waals surface area contributed by atoms with Gasteiger partial charge in [-0.3, -0.25) is 4.79 Å². The maximum atomic E-state index is 12.0. The molecule has 3 rings (SSSR count). The minimum Gasteiger partial charge on any atom is -0.454 e. The molecule has 1 N–H and O–H groups in total. The summed E-state index contributed by atoms with van der Waals surface area (Å²) in [6, 6.07) is 5.12. The lowest BCUT2D eigenvalue weighted by Gasteiger charge is -2.16. The molecule has 1 aromatic carbocycles. The summed E-state index contributed by atoms with van der Waals surface area (Å²) in [5.74, 6) is 1.55. The molecule has 1 aliphatic carbocycles. The maximum absolute atomic E-state index is 12.0. The highest BCUT2D eigenvalue weighted by Gasteiger charge is 2.16. The first-order chi connectivity index (χ1) is 9.83. The fourth-order valence-electron chi connectivity index (χ4n) is 2.59. The Kier molecular flexibility index (Phi) is 3.85. The molecule has 5 heteroatoms. The van der Waals surface area contributed by atoms with Crippen molar-refractivity contribution in [2.24, 2.45) is 11.0 Å². The van der Waals surface area contributed by atoms with E-state index in [4.69, 9.17) is 9.47 Å². The normalized spacial score (nSPS) is 18.4. The van der Waals surface area contributed by atoms with E-state index in [-0.39, 0.29) is 12.7 Å². The SMILES string of the molecule is O=C(N/N=C\C1CCCCC1)c1ccc2c(c1)OCO2. The van der Waals surface area contributed by atoms with Crippen LogP contribution in [-0.2, 0) is 0 Å². The third-order valence-corrected chi connectivity index (χ3v) is 3.74. The van der Waals surface area contributed by atoms with E-state index in [1.165, 1.54) is 32.1 Å². The summed E-state index contributed by atoms with van der Waals surface area (Å²) in [5.41, 5.74) is 3.09. The van der Waals surface area contributed by atoms with Crippen LogP contribution in [-0.4, -0.2) is 18.9 Å². The highest BCUT2D eigenvalue weighted by Crippen LogP contribution is 2.32. The molecule has 1 heterocycles. The summed E-state index contributed by atoms with van der Waals surface area (Å²) in [7, 11) is 0. The van der Waals surface area contributed by atoms with Gasteiger partial charge in [0.05, 0.1) is 0 Å². The summed E-state index contributed by atoms with van der Waals surface area (Å²) in [4.78, 5) is 12.0. The Morgan fingerprint density at radius 1 is 1.20 bits per heavy atom. The van der Waals surface area contributed by atoms with Gasteiger partial charge in [0.15, 0.2) is 11.5 Å². The Hall–Kier alpha value is -2.04. The minimum absolute atomic E-state index is 0.209. The molecule has 0 bridgehead atoms. The van der Waals surface area contributed by atoms with Crippen LogP contribution in [0.1, 0.15) is 42.5 Å². The van der Waals surface area contributed by atoms with Gasteiger partial charge in [-0.05, 0) is 37.0 Å². The second kappa shape index (κ2) is 5.94. The summed E-state index contributed by atoms with van der Waals surface area (Å²) >= 11 is 0. The van der Waals surface area contributed by atoms with Crippen molar-refractivity contribution < 1.29 is 14.3 Å². The summed E-state index contributed by atoms with van der Waals surface area (Å²) in [6.45, 7) is 0.209. The number of nitrogens with one attached hydrogen (secondary N) is 1. The Balaban J connectivity index is 1.57. The predicted molar refractivity (Wildman–Crippen MR) is 75.1 cm³/mol. The standard InChI is InChI=1S/C15H18N2O3/c18-15(17-16-9-11-4-2-1-3-5-11)12-6-7-13-14(8-12)20-10-19-13/h6-9,11H,1-5,10H2,(H,17,18)/b16-9-. The van der Waals surface area contributed by atoms with Gasteiger partial charge in [0.25, 0.3) is 5.91 Å². The Labute approximate surface area is 118 Å². The molecule has 1 aliphatic heterocycles. The molecule has 0 spiro atoms. The van der Waals surface area contributed by atoms with Gasteiger partial charge in [-0.1, -0.05) is 19.3 Å². The first-order valence-corrected chi connectivity index (χ1v) is 7.06. The Morgan fingerprint density at radius 3 is 2.85 bits per heavy atom. The van der Waals surface area contributed by atoms with Crippen molar-refractivity contribution in [2.75, 3.05) is 6.79 Å². The zero-order chi connectivity index (χ0) is 13.8. The number of ether oxygens (including phenoxy) is 2. The molecule has 0 saturated heterocycles. The van der Waals surface area contributed by atoms with E-state index in [0.717, 1.165) is 0 Å². The molecule has 2 aliphatic rings. The van der Waals surface area contributed by atoms with Gasteiger partial charge in [-0.2, -0.15) is 5.10 Å². The Bertz CT molecular complexity index is 522. The van der Waals surface area contributed by atoms with Crippen molar-refractivity contribution in [1.29, 1.82) is 0 Å². The molecule has 1 fully saturated rings. The number of carbonyl (C=O) groups excluding carboxylic acids is 1. The smallest absolute Gasteiger partial charge is 0.271 e. The number of carbonyl (C=O) groups is 1. The predicted octanol–water partition coefficient (Wildman–Crippen LogP) is 2.71. The van der Waals surface area contributed by atoms with E-state index in [9.17, 15) is 4.79 Å². The summed E-state index contributed by atoms with van der Waals surface area (Å²) in [6.07, 6.45) is 8.03. The van der Waals surface area contributed by atoms with Crippen LogP contribution < -0.4 is 14.9 Å². The highest BCUT2D eigenvalue weighted by atomic mass is 16.7. The first kappa shape index (κ1) is 13.0. The molecule has 106 valence electrons. The van der Waals surface area contributed by atoms with Gasteiger partial charge < -0.3 is 9.47 Å². The quantitative estimate of drug-likeness (QED) is 0.681. The van der Waals surface area contributed by atoms with Gasteiger partial charge in [-0.15, -0.1) is 0 Å². The number of fused-ring (bicyclic) bond motifs is 1. The molecule has 20 heavy (non-hydrogen) atoms. The highest BCUT2D eigenvalue weighted by molar-refractivity contribution is 5.95. The van der Waals surface area contributed by atoms with Crippen LogP contribution in [0.4, 0.5) is 0 Å². The van der Waals surface area contributed by atoms with Crippen LogP contribution in [0.2, 0.25) is 0 Å². The van der Waals surface area contributed by atoms with Crippen molar-refractivity contribution in [3.05, 3.63) is 23.8 Å². The lowest BCUT2D eigenvalue weighted by atomic mass is 9.90. The van der Waals surface area contributed by atoms with Crippen molar-refractivity contribution in [3.63, 3.8) is 0 Å². The minimum atomic E-state index is -0.227. The van der Waals surface area contributed by atoms with Crippen LogP contribution in [0.25, 0.3) is 0 Å². The zero-order valence-electron chi connectivity index (χ0n) is 11.3. The number of hydrogen-bond donors (Lipinski definition) is 1. The van der Waals surface area contributed by atoms with Gasteiger partial charge in [0.1, 0.15) is 0 Å². The number of nitrogens with zero attached hydrogens (tertiary/aromatic N) is 1. The molecule has 0 aromatic heterocycles. The van der Waals surface area contributed by atoms with E-state index in [2.05, 4.69) is 10.5 Å². The van der Waals surface area contributed by atoms with Crippen LogP contribution in [0.3, 0.4) is 0 Å². The van der Waals surface area contributed by atoms with E-state index in [1.54, 1.807) is 18.2 Å². The van der Waals surface area contributed by atoms with Crippen LogP contribution >= 0.6 is 0 Å². The maximum Gasteiger partial charge on any atom is 0.271 e. The number of rotatable bonds is 3. The molecule has 1 saturated carbocycles. The van der Waals surface area contributed by atoms with Gasteiger partial charge in [0, 0.05) is 11.8 Å². The number of amides is 1. The molecule has 5 nitrogen and oxygen atoms in total. The molecule has 0 radical (unpaired) electrons. The monoisotopic (exact) mass is 274 g/mol. The lowest BCUT2D eigenvalue weighted by molar-refractivity contribution is 0.0954. The Morgan fingerprint density at radius 2 is 2.00 bits per heavy atom. The van der Waals surface area contributed by atoms with Gasteiger partial charge >= 0.3 is 0 Å². The molecule has 1 amide bonds. The average Bonchev–Trinajstić information content (AvgIpc) is 2.95. The van der Waals surface area contributed by atoms with Gasteiger partial charge in [0.2, 0.25) is 6.79 Å². The lowest BCUT2D eigenvalue weighted by Crippen LogP contribution is -2.19. The van der Waals surface area contributed by atoms with E-state index in [1.807, 2.05) is 6.21 Å². The fraction of sp³-hybridized carbons (Fsp3) is 0.467. The molecule has 1 aromatic rings. The zero-order valence-corrected chi connectivity index (χ0v) is 11.3.